The second-order valence-electron chi connectivity index (χ2n) is 13.6. The van der Waals surface area contributed by atoms with Crippen molar-refractivity contribution >= 4 is 48.5 Å². The lowest BCUT2D eigenvalue weighted by Gasteiger charge is -2.20. The van der Waals surface area contributed by atoms with Crippen molar-refractivity contribution < 1.29 is 42.4 Å². The summed E-state index contributed by atoms with van der Waals surface area (Å²) in [5, 5.41) is 19.5. The van der Waals surface area contributed by atoms with Crippen LogP contribution in [0.3, 0.4) is 0 Å². The maximum Gasteiger partial charge on any atom is 0.524 e. The molecule has 0 bridgehead atoms. The molecule has 6 N–H and O–H groups in total. The molecule has 0 saturated carbocycles. The van der Waals surface area contributed by atoms with E-state index in [9.17, 15) is 28.1 Å². The number of anilines is 1. The third kappa shape index (κ3) is 16.3. The number of halogens is 1. The molecule has 0 fully saturated rings. The molecule has 3 aromatic carbocycles. The molecule has 15 nitrogen and oxygen atoms in total. The fourth-order valence-corrected chi connectivity index (χ4v) is 5.70. The van der Waals surface area contributed by atoms with Gasteiger partial charge in [-0.25, -0.2) is 8.96 Å². The molecule has 0 aromatic heterocycles. The third-order valence-corrected chi connectivity index (χ3v) is 8.92. The molecule has 0 radical (unpaired) electrons. The predicted octanol–water partition coefficient (Wildman–Crippen LogP) is 6.18. The fourth-order valence-electron chi connectivity index (χ4n) is 5.28. The number of amides is 4. The normalized spacial score (nSPS) is 12.5. The predicted molar refractivity (Wildman–Crippen MR) is 212 cm³/mol. The SMILES string of the molecule is CC(C)C(=O)NC(CCCCNC(=O)c1ccc(N=Nc2ccc(N(C)C)cc2)cc1)C(=O)NCCCCCCNC(=O)C(F)c1ccccc1OP(=O)(O)O. The molecule has 17 heteroatoms. The maximum atomic E-state index is 14.8. The highest BCUT2D eigenvalue weighted by molar-refractivity contribution is 7.46. The van der Waals surface area contributed by atoms with Gasteiger partial charge in [0, 0.05) is 56.5 Å². The van der Waals surface area contributed by atoms with Crippen LogP contribution in [0.25, 0.3) is 0 Å². The monoisotopic (exact) mass is 797 g/mol. The van der Waals surface area contributed by atoms with Crippen molar-refractivity contribution in [2.24, 2.45) is 16.1 Å². The van der Waals surface area contributed by atoms with Crippen molar-refractivity contribution in [3.8, 4) is 5.75 Å². The van der Waals surface area contributed by atoms with Gasteiger partial charge in [-0.3, -0.25) is 29.0 Å². The molecule has 0 saturated heterocycles. The minimum atomic E-state index is -4.94. The van der Waals surface area contributed by atoms with Gasteiger partial charge >= 0.3 is 7.82 Å². The topological polar surface area (TPSA) is 211 Å². The van der Waals surface area contributed by atoms with Crippen molar-refractivity contribution in [2.45, 2.75) is 71.0 Å². The first-order valence-electron chi connectivity index (χ1n) is 18.6. The van der Waals surface area contributed by atoms with E-state index < -0.39 is 31.7 Å². The summed E-state index contributed by atoms with van der Waals surface area (Å²) in [4.78, 5) is 70.5. The Kier molecular flexibility index (Phi) is 18.6. The van der Waals surface area contributed by atoms with Gasteiger partial charge in [0.25, 0.3) is 11.8 Å². The number of nitrogens with one attached hydrogen (secondary N) is 4. The molecule has 304 valence electrons. The Bertz CT molecular complexity index is 1800. The minimum absolute atomic E-state index is 0.184. The Balaban J connectivity index is 1.33. The smallest absolute Gasteiger partial charge is 0.404 e. The summed E-state index contributed by atoms with van der Waals surface area (Å²) in [5.74, 6) is -2.44. The molecule has 0 aliphatic rings. The number of azo groups is 1. The molecular weight excluding hydrogens is 744 g/mol. The lowest BCUT2D eigenvalue weighted by Crippen LogP contribution is -2.48. The van der Waals surface area contributed by atoms with Crippen LogP contribution in [0.1, 0.15) is 80.9 Å². The lowest BCUT2D eigenvalue weighted by atomic mass is 10.1. The van der Waals surface area contributed by atoms with E-state index in [1.165, 1.54) is 24.3 Å². The molecule has 3 rings (SSSR count). The number of unbranched alkanes of at least 4 members (excludes halogenated alkanes) is 4. The van der Waals surface area contributed by atoms with Crippen molar-refractivity contribution in [3.05, 3.63) is 83.9 Å². The van der Waals surface area contributed by atoms with Crippen molar-refractivity contribution in [2.75, 3.05) is 38.6 Å². The maximum absolute atomic E-state index is 14.8. The minimum Gasteiger partial charge on any atom is -0.404 e. The van der Waals surface area contributed by atoms with Gasteiger partial charge in [0.15, 0.2) is 0 Å². The van der Waals surface area contributed by atoms with Crippen molar-refractivity contribution in [1.82, 2.24) is 21.3 Å². The average molecular weight is 798 g/mol. The Morgan fingerprint density at radius 2 is 1.27 bits per heavy atom. The molecule has 0 spiro atoms. The van der Waals surface area contributed by atoms with Gasteiger partial charge in [0.05, 0.1) is 11.4 Å². The summed E-state index contributed by atoms with van der Waals surface area (Å²) in [6.07, 6.45) is 1.98. The van der Waals surface area contributed by atoms with Gasteiger partial charge in [0.1, 0.15) is 11.8 Å². The van der Waals surface area contributed by atoms with Crippen LogP contribution in [-0.2, 0) is 18.9 Å². The van der Waals surface area contributed by atoms with Crippen LogP contribution in [0.15, 0.2) is 83.0 Å². The van der Waals surface area contributed by atoms with Crippen LogP contribution in [0, 0.1) is 5.92 Å². The molecule has 2 unspecified atom stereocenters. The highest BCUT2D eigenvalue weighted by Crippen LogP contribution is 2.41. The second-order valence-corrected chi connectivity index (χ2v) is 14.8. The number of benzene rings is 3. The van der Waals surface area contributed by atoms with Crippen LogP contribution >= 0.6 is 7.82 Å². The summed E-state index contributed by atoms with van der Waals surface area (Å²) in [7, 11) is -1.01. The number of para-hydroxylation sites is 1. The van der Waals surface area contributed by atoms with E-state index in [4.69, 9.17) is 9.79 Å². The number of phosphoric ester groups is 1. The molecule has 0 aliphatic carbocycles. The standard InChI is InChI=1S/C39H53FN7O8P/c1-27(2)36(48)44-33(14-9-12-26-41-37(49)28-16-18-29(19-17-28)45-46-30-20-22-31(23-21-30)47(3)4)38(50)42-24-10-5-6-11-25-43-39(51)35(40)32-13-7-8-15-34(32)55-56(52,53)54/h7-8,13,15-23,27,33,35H,5-6,9-12,14,24-26H2,1-4H3,(H,41,49)(H,42,50)(H,43,51)(H,44,48)(H2,52,53,54). The highest BCUT2D eigenvalue weighted by atomic mass is 31.2. The van der Waals surface area contributed by atoms with Gasteiger partial charge in [0.2, 0.25) is 18.0 Å². The van der Waals surface area contributed by atoms with Crippen LogP contribution in [0.4, 0.5) is 21.5 Å². The largest absolute Gasteiger partial charge is 0.524 e. The first-order chi connectivity index (χ1) is 26.6. The van der Waals surface area contributed by atoms with E-state index in [-0.39, 0.29) is 35.7 Å². The average Bonchev–Trinajstić information content (AvgIpc) is 3.16. The number of carbonyl (C=O) groups excluding carboxylic acids is 4. The third-order valence-electron chi connectivity index (χ3n) is 8.48. The van der Waals surface area contributed by atoms with E-state index in [1.54, 1.807) is 38.1 Å². The number of alkyl halides is 1. The molecular formula is C39H53FN7O8P. The van der Waals surface area contributed by atoms with Gasteiger partial charge < -0.3 is 30.7 Å². The summed E-state index contributed by atoms with van der Waals surface area (Å²) in [6, 6.07) is 18.9. The van der Waals surface area contributed by atoms with E-state index in [0.29, 0.717) is 68.6 Å². The summed E-state index contributed by atoms with van der Waals surface area (Å²) in [6.45, 7) is 4.44. The second kappa shape index (κ2) is 23.0. The quantitative estimate of drug-likeness (QED) is 0.0367. The Morgan fingerprint density at radius 1 is 0.732 bits per heavy atom. The number of phosphoric acid groups is 1. The van der Waals surface area contributed by atoms with E-state index in [0.717, 1.165) is 12.1 Å². The summed E-state index contributed by atoms with van der Waals surface area (Å²) < 4.78 is 30.4. The summed E-state index contributed by atoms with van der Waals surface area (Å²) in [5.41, 5.74) is 2.58. The van der Waals surface area contributed by atoms with Crippen molar-refractivity contribution in [3.63, 3.8) is 0 Å². The zero-order valence-corrected chi connectivity index (χ0v) is 33.1. The number of rotatable bonds is 23. The number of hydrogen-bond donors (Lipinski definition) is 6. The van der Waals surface area contributed by atoms with Crippen molar-refractivity contribution in [1.29, 1.82) is 0 Å². The zero-order chi connectivity index (χ0) is 41.1. The Hall–Kier alpha value is -5.18. The zero-order valence-electron chi connectivity index (χ0n) is 32.2. The van der Waals surface area contributed by atoms with E-state index in [2.05, 4.69) is 36.0 Å². The molecule has 0 aliphatic heterocycles. The number of carbonyl (C=O) groups is 4. The van der Waals surface area contributed by atoms with Crippen LogP contribution in [-0.4, -0.2) is 73.2 Å². The molecule has 3 aromatic rings. The molecule has 4 amide bonds. The van der Waals surface area contributed by atoms with Crippen LogP contribution < -0.4 is 30.7 Å². The molecule has 0 heterocycles. The van der Waals surface area contributed by atoms with Gasteiger partial charge in [-0.05, 0) is 86.7 Å². The number of nitrogens with zero attached hydrogens (tertiary/aromatic N) is 3. The highest BCUT2D eigenvalue weighted by Gasteiger charge is 2.26. The molecule has 2 atom stereocenters. The van der Waals surface area contributed by atoms with Gasteiger partial charge in [-0.1, -0.05) is 44.9 Å². The van der Waals surface area contributed by atoms with Gasteiger partial charge in [-0.15, -0.1) is 0 Å². The van der Waals surface area contributed by atoms with Crippen LogP contribution in [0.5, 0.6) is 5.75 Å². The van der Waals surface area contributed by atoms with E-state index in [1.807, 2.05) is 43.3 Å². The lowest BCUT2D eigenvalue weighted by molar-refractivity contribution is -0.130. The first-order valence-corrected chi connectivity index (χ1v) is 20.1. The molecule has 56 heavy (non-hydrogen) atoms. The number of hydrogen-bond acceptors (Lipinski definition) is 9. The fraction of sp³-hybridized carbons (Fsp3) is 0.436. The Labute approximate surface area is 327 Å². The Morgan fingerprint density at radius 3 is 1.84 bits per heavy atom. The van der Waals surface area contributed by atoms with Crippen LogP contribution in [0.2, 0.25) is 0 Å². The van der Waals surface area contributed by atoms with E-state index >= 15 is 0 Å². The van der Waals surface area contributed by atoms with Gasteiger partial charge in [-0.2, -0.15) is 10.2 Å². The summed E-state index contributed by atoms with van der Waals surface area (Å²) >= 11 is 0. The first kappa shape index (κ1) is 45.2.